The number of carboxylic acids is 2. The zero-order chi connectivity index (χ0) is 28.1. The molecule has 1 fully saturated rings. The van der Waals surface area contributed by atoms with Crippen molar-refractivity contribution in [3.8, 4) is 17.1 Å². The molecular formula is C24H28F3N5O6. The number of halogens is 3. The third-order valence-electron chi connectivity index (χ3n) is 5.79. The summed E-state index contributed by atoms with van der Waals surface area (Å²) in [5.74, 6) is -3.38. The van der Waals surface area contributed by atoms with E-state index in [9.17, 15) is 23.1 Å². The highest BCUT2D eigenvalue weighted by molar-refractivity contribution is 5.87. The van der Waals surface area contributed by atoms with Gasteiger partial charge in [-0.3, -0.25) is 4.68 Å². The summed E-state index contributed by atoms with van der Waals surface area (Å²) in [6.07, 6.45) is 0.333. The molecule has 0 spiro atoms. The molecule has 0 atom stereocenters. The molecule has 0 amide bonds. The van der Waals surface area contributed by atoms with Crippen LogP contribution >= 0.6 is 0 Å². The lowest BCUT2D eigenvalue weighted by atomic mass is 9.82. The Morgan fingerprint density at radius 2 is 1.68 bits per heavy atom. The number of aromatic nitrogens is 5. The number of aliphatic hydroxyl groups is 1. The van der Waals surface area contributed by atoms with E-state index in [0.29, 0.717) is 12.5 Å². The molecule has 0 bridgehead atoms. The van der Waals surface area contributed by atoms with E-state index in [-0.39, 0.29) is 17.7 Å². The number of aromatic carboxylic acids is 1. The van der Waals surface area contributed by atoms with Crippen LogP contribution in [-0.2, 0) is 11.3 Å². The Morgan fingerprint density at radius 3 is 2.21 bits per heavy atom. The van der Waals surface area contributed by atoms with Gasteiger partial charge in [-0.05, 0) is 57.1 Å². The standard InChI is InChI=1S/C22H27N5O4.C2HF3O2/c1-22(2,30)13-27-12-11-18(25-27)16-5-3-14(4-6-16)15-7-9-17(10-8-15)31-20-19(21(28)29)23-26-24-20;3-2(4,5)1(6)7/h3-6,11-12,15,17,30H,7-10,13H2,1-2H3,(H,28,29)(H,23,24,26);(H,6,7). The van der Waals surface area contributed by atoms with Gasteiger partial charge in [0.05, 0.1) is 17.8 Å². The van der Waals surface area contributed by atoms with Crippen molar-refractivity contribution in [2.45, 2.75) is 69.9 Å². The van der Waals surface area contributed by atoms with Gasteiger partial charge < -0.3 is 20.1 Å². The van der Waals surface area contributed by atoms with Crippen molar-refractivity contribution in [1.29, 1.82) is 0 Å². The van der Waals surface area contributed by atoms with E-state index in [1.807, 2.05) is 12.3 Å². The molecule has 1 aliphatic rings. The largest absolute Gasteiger partial charge is 0.490 e. The third kappa shape index (κ3) is 8.03. The number of carbonyl (C=O) groups is 2. The van der Waals surface area contributed by atoms with E-state index >= 15 is 0 Å². The molecule has 0 unspecified atom stereocenters. The van der Waals surface area contributed by atoms with Crippen LogP contribution < -0.4 is 4.74 Å². The van der Waals surface area contributed by atoms with Crippen molar-refractivity contribution in [3.63, 3.8) is 0 Å². The average Bonchev–Trinajstić information content (AvgIpc) is 3.48. The lowest BCUT2D eigenvalue weighted by Crippen LogP contribution is -2.26. The number of alkyl halides is 3. The van der Waals surface area contributed by atoms with Gasteiger partial charge in [-0.15, -0.1) is 0 Å². The molecule has 0 aliphatic heterocycles. The summed E-state index contributed by atoms with van der Waals surface area (Å²) >= 11 is 0. The number of hydrogen-bond acceptors (Lipinski definition) is 7. The van der Waals surface area contributed by atoms with E-state index in [1.54, 1.807) is 18.5 Å². The van der Waals surface area contributed by atoms with Crippen molar-refractivity contribution < 1.29 is 42.8 Å². The maximum Gasteiger partial charge on any atom is 0.490 e. The summed E-state index contributed by atoms with van der Waals surface area (Å²) in [7, 11) is 0. The maximum absolute atomic E-state index is 11.1. The molecule has 0 radical (unpaired) electrons. The summed E-state index contributed by atoms with van der Waals surface area (Å²) < 4.78 is 39.3. The molecule has 2 heterocycles. The second kappa shape index (κ2) is 11.6. The lowest BCUT2D eigenvalue weighted by molar-refractivity contribution is -0.192. The molecule has 4 N–H and O–H groups in total. The predicted octanol–water partition coefficient (Wildman–Crippen LogP) is 3.88. The Hall–Kier alpha value is -3.94. The van der Waals surface area contributed by atoms with Crippen LogP contribution in [0.5, 0.6) is 5.88 Å². The van der Waals surface area contributed by atoms with Gasteiger partial charge in [-0.25, -0.2) is 14.7 Å². The normalized spacial score (nSPS) is 17.8. The van der Waals surface area contributed by atoms with Crippen LogP contribution in [0.15, 0.2) is 36.5 Å². The number of nitrogens with one attached hydrogen (secondary N) is 1. The first-order chi connectivity index (χ1) is 17.7. The minimum absolute atomic E-state index is 0.0570. The second-order valence-corrected chi connectivity index (χ2v) is 9.52. The van der Waals surface area contributed by atoms with Crippen LogP contribution in [0.25, 0.3) is 11.3 Å². The Bertz CT molecular complexity index is 1230. The van der Waals surface area contributed by atoms with E-state index in [4.69, 9.17) is 19.7 Å². The van der Waals surface area contributed by atoms with Gasteiger partial charge in [0.2, 0.25) is 5.69 Å². The highest BCUT2D eigenvalue weighted by Crippen LogP contribution is 2.35. The number of carboxylic acid groups (broad SMARTS) is 2. The number of benzene rings is 1. The summed E-state index contributed by atoms with van der Waals surface area (Å²) in [5, 5.41) is 40.4. The topological polar surface area (TPSA) is 163 Å². The second-order valence-electron chi connectivity index (χ2n) is 9.52. The summed E-state index contributed by atoms with van der Waals surface area (Å²) in [6, 6.07) is 10.4. The predicted molar refractivity (Wildman–Crippen MR) is 127 cm³/mol. The number of ether oxygens (including phenoxy) is 1. The number of rotatable bonds is 7. The van der Waals surface area contributed by atoms with Crippen molar-refractivity contribution >= 4 is 11.9 Å². The molecule has 1 aromatic carbocycles. The fraction of sp³-hybridized carbons (Fsp3) is 0.458. The SMILES string of the molecule is CC(C)(O)Cn1ccc(-c2ccc(C3CCC(Oc4nn[nH]c4C(=O)O)CC3)cc2)n1.O=C(O)C(F)(F)F. The van der Waals surface area contributed by atoms with Gasteiger partial charge in [0.15, 0.2) is 0 Å². The third-order valence-corrected chi connectivity index (χ3v) is 5.79. The molecule has 206 valence electrons. The molecule has 1 saturated carbocycles. The molecule has 3 aromatic rings. The smallest absolute Gasteiger partial charge is 0.476 e. The zero-order valence-corrected chi connectivity index (χ0v) is 20.6. The average molecular weight is 540 g/mol. The van der Waals surface area contributed by atoms with Crippen molar-refractivity contribution in [3.05, 3.63) is 47.8 Å². The lowest BCUT2D eigenvalue weighted by Gasteiger charge is -2.28. The Kier molecular flexibility index (Phi) is 8.76. The van der Waals surface area contributed by atoms with Gasteiger partial charge in [-0.1, -0.05) is 34.6 Å². The van der Waals surface area contributed by atoms with Crippen molar-refractivity contribution in [2.24, 2.45) is 0 Å². The van der Waals surface area contributed by atoms with Crippen LogP contribution in [0.2, 0.25) is 0 Å². The highest BCUT2D eigenvalue weighted by atomic mass is 19.4. The summed E-state index contributed by atoms with van der Waals surface area (Å²) in [4.78, 5) is 20.0. The number of aliphatic carboxylic acids is 1. The molecule has 11 nitrogen and oxygen atoms in total. The van der Waals surface area contributed by atoms with Gasteiger partial charge >= 0.3 is 18.1 Å². The van der Waals surface area contributed by atoms with Gasteiger partial charge in [-0.2, -0.15) is 18.3 Å². The molecule has 4 rings (SSSR count). The van der Waals surface area contributed by atoms with Crippen LogP contribution in [0.4, 0.5) is 13.2 Å². The van der Waals surface area contributed by atoms with Crippen molar-refractivity contribution in [2.75, 3.05) is 0 Å². The van der Waals surface area contributed by atoms with E-state index < -0.39 is 23.7 Å². The minimum atomic E-state index is -5.08. The van der Waals surface area contributed by atoms with Gasteiger partial charge in [0.25, 0.3) is 5.88 Å². The monoisotopic (exact) mass is 539 g/mol. The number of aromatic amines is 1. The summed E-state index contributed by atoms with van der Waals surface area (Å²) in [5.41, 5.74) is 2.30. The highest BCUT2D eigenvalue weighted by Gasteiger charge is 2.38. The number of hydrogen-bond donors (Lipinski definition) is 4. The molecule has 2 aromatic heterocycles. The fourth-order valence-corrected chi connectivity index (χ4v) is 4.04. The quantitative estimate of drug-likeness (QED) is 0.349. The first kappa shape index (κ1) is 28.6. The Labute approximate surface area is 215 Å². The minimum Gasteiger partial charge on any atom is -0.476 e. The molecule has 0 saturated heterocycles. The van der Waals surface area contributed by atoms with Gasteiger partial charge in [0.1, 0.15) is 6.10 Å². The van der Waals surface area contributed by atoms with Gasteiger partial charge in [0, 0.05) is 11.8 Å². The molecule has 14 heteroatoms. The Morgan fingerprint density at radius 1 is 1.08 bits per heavy atom. The zero-order valence-electron chi connectivity index (χ0n) is 20.6. The van der Waals surface area contributed by atoms with Crippen LogP contribution in [0, 0.1) is 0 Å². The van der Waals surface area contributed by atoms with E-state index in [0.717, 1.165) is 36.9 Å². The van der Waals surface area contributed by atoms with Crippen LogP contribution in [0.3, 0.4) is 0 Å². The molecule has 1 aliphatic carbocycles. The first-order valence-electron chi connectivity index (χ1n) is 11.7. The Balaban J connectivity index is 0.000000505. The van der Waals surface area contributed by atoms with E-state index in [1.165, 1.54) is 5.56 Å². The van der Waals surface area contributed by atoms with Crippen LogP contribution in [-0.4, -0.2) is 70.3 Å². The number of nitrogens with zero attached hydrogens (tertiary/aromatic N) is 4. The van der Waals surface area contributed by atoms with E-state index in [2.05, 4.69) is 44.8 Å². The summed E-state index contributed by atoms with van der Waals surface area (Å²) in [6.45, 7) is 3.97. The first-order valence-corrected chi connectivity index (χ1v) is 11.7. The fourth-order valence-electron chi connectivity index (χ4n) is 4.04. The van der Waals surface area contributed by atoms with Crippen LogP contribution in [0.1, 0.15) is 61.5 Å². The van der Waals surface area contributed by atoms with Crippen molar-refractivity contribution in [1.82, 2.24) is 25.2 Å². The maximum atomic E-state index is 11.1. The number of H-pyrrole nitrogens is 1. The molecular weight excluding hydrogens is 511 g/mol. The molecule has 38 heavy (non-hydrogen) atoms.